The topological polar surface area (TPSA) is 66.0 Å². The summed E-state index contributed by atoms with van der Waals surface area (Å²) in [6, 6.07) is 9.11. The zero-order chi connectivity index (χ0) is 10.7. The second-order valence-electron chi connectivity index (χ2n) is 2.99. The minimum absolute atomic E-state index is 0.00165. The second kappa shape index (κ2) is 3.84. The molecule has 15 heavy (non-hydrogen) atoms. The first kappa shape index (κ1) is 9.28. The predicted octanol–water partition coefficient (Wildman–Crippen LogP) is 1.69. The van der Waals surface area contributed by atoms with Gasteiger partial charge in [0.25, 0.3) is 5.91 Å². The quantitative estimate of drug-likeness (QED) is 0.750. The van der Waals surface area contributed by atoms with Gasteiger partial charge in [0, 0.05) is 5.39 Å². The van der Waals surface area contributed by atoms with Crippen molar-refractivity contribution in [2.24, 2.45) is 0 Å². The summed E-state index contributed by atoms with van der Waals surface area (Å²) in [6.45, 7) is -0.00165. The van der Waals surface area contributed by atoms with Crippen molar-refractivity contribution in [1.82, 2.24) is 5.32 Å². The van der Waals surface area contributed by atoms with Gasteiger partial charge in [-0.1, -0.05) is 18.2 Å². The number of nitriles is 1. The molecule has 4 nitrogen and oxygen atoms in total. The fourth-order valence-electron chi connectivity index (χ4n) is 1.37. The van der Waals surface area contributed by atoms with E-state index in [1.54, 1.807) is 12.1 Å². The third-order valence-corrected chi connectivity index (χ3v) is 2.05. The van der Waals surface area contributed by atoms with E-state index >= 15 is 0 Å². The Hall–Kier alpha value is -2.28. The second-order valence-corrected chi connectivity index (χ2v) is 2.99. The summed E-state index contributed by atoms with van der Waals surface area (Å²) in [5.74, 6) is -0.290. The average Bonchev–Trinajstić information content (AvgIpc) is 2.69. The van der Waals surface area contributed by atoms with E-state index in [4.69, 9.17) is 9.68 Å². The lowest BCUT2D eigenvalue weighted by atomic mass is 10.1. The summed E-state index contributed by atoms with van der Waals surface area (Å²) >= 11 is 0. The Morgan fingerprint density at radius 2 is 2.27 bits per heavy atom. The van der Waals surface area contributed by atoms with Crippen LogP contribution in [0.4, 0.5) is 0 Å². The number of carbonyl (C=O) groups excluding carboxylic acids is 1. The van der Waals surface area contributed by atoms with Crippen LogP contribution in [0.25, 0.3) is 11.0 Å². The molecule has 0 radical (unpaired) electrons. The van der Waals surface area contributed by atoms with Gasteiger partial charge in [-0.2, -0.15) is 5.26 Å². The van der Waals surface area contributed by atoms with Gasteiger partial charge in [0.05, 0.1) is 11.6 Å². The number of nitrogens with zero attached hydrogens (tertiary/aromatic N) is 1. The molecule has 0 saturated heterocycles. The van der Waals surface area contributed by atoms with Gasteiger partial charge in [-0.3, -0.25) is 4.79 Å². The van der Waals surface area contributed by atoms with E-state index in [9.17, 15) is 4.79 Å². The minimum Gasteiger partial charge on any atom is -0.463 e. The molecule has 2 rings (SSSR count). The Labute approximate surface area is 86.1 Å². The first-order valence-corrected chi connectivity index (χ1v) is 4.44. The number of amides is 1. The van der Waals surface area contributed by atoms with Crippen molar-refractivity contribution < 1.29 is 9.21 Å². The van der Waals surface area contributed by atoms with Crippen molar-refractivity contribution in [3.8, 4) is 6.07 Å². The van der Waals surface area contributed by atoms with E-state index in [0.717, 1.165) is 5.39 Å². The van der Waals surface area contributed by atoms with Gasteiger partial charge < -0.3 is 9.73 Å². The van der Waals surface area contributed by atoms with Crippen LogP contribution in [0, 0.1) is 11.3 Å². The molecule has 1 amide bonds. The summed E-state index contributed by atoms with van der Waals surface area (Å²) in [7, 11) is 0. The monoisotopic (exact) mass is 200 g/mol. The van der Waals surface area contributed by atoms with Crippen LogP contribution in [0.3, 0.4) is 0 Å². The smallest absolute Gasteiger partial charge is 0.255 e. The lowest BCUT2D eigenvalue weighted by Crippen LogP contribution is -2.23. The molecule has 1 heterocycles. The Kier molecular flexibility index (Phi) is 2.38. The van der Waals surface area contributed by atoms with E-state index in [2.05, 4.69) is 5.32 Å². The Bertz CT molecular complexity index is 537. The fraction of sp³-hybridized carbons (Fsp3) is 0.0909. The van der Waals surface area contributed by atoms with Crippen LogP contribution < -0.4 is 5.32 Å². The number of hydrogen-bond acceptors (Lipinski definition) is 3. The van der Waals surface area contributed by atoms with Crippen LogP contribution in [0.5, 0.6) is 0 Å². The summed E-state index contributed by atoms with van der Waals surface area (Å²) in [4.78, 5) is 11.6. The summed E-state index contributed by atoms with van der Waals surface area (Å²) < 4.78 is 5.21. The molecule has 1 N–H and O–H groups in total. The Morgan fingerprint density at radius 3 is 3.07 bits per heavy atom. The summed E-state index contributed by atoms with van der Waals surface area (Å²) in [5, 5.41) is 11.6. The van der Waals surface area contributed by atoms with Crippen LogP contribution in [0.15, 0.2) is 34.9 Å². The van der Waals surface area contributed by atoms with Crippen molar-refractivity contribution in [2.75, 3.05) is 6.54 Å². The lowest BCUT2D eigenvalue weighted by Gasteiger charge is -1.96. The van der Waals surface area contributed by atoms with Crippen molar-refractivity contribution in [3.05, 3.63) is 36.1 Å². The third-order valence-electron chi connectivity index (χ3n) is 2.05. The molecule has 0 aliphatic rings. The van der Waals surface area contributed by atoms with Crippen LogP contribution in [0.1, 0.15) is 10.4 Å². The predicted molar refractivity (Wildman–Crippen MR) is 54.2 cm³/mol. The molecule has 1 aromatic heterocycles. The van der Waals surface area contributed by atoms with Crippen LogP contribution in [0.2, 0.25) is 0 Å². The van der Waals surface area contributed by atoms with Gasteiger partial charge in [-0.15, -0.1) is 0 Å². The molecule has 0 unspecified atom stereocenters. The molecular weight excluding hydrogens is 192 g/mol. The highest BCUT2D eigenvalue weighted by molar-refractivity contribution is 6.05. The number of nitrogens with one attached hydrogen (secondary N) is 1. The molecule has 0 bridgehead atoms. The number of carbonyl (C=O) groups is 1. The third kappa shape index (κ3) is 1.67. The van der Waals surface area contributed by atoms with E-state index < -0.39 is 0 Å². The lowest BCUT2D eigenvalue weighted by molar-refractivity contribution is 0.0959. The number of para-hydroxylation sites is 1. The maximum atomic E-state index is 11.6. The molecule has 0 aliphatic heterocycles. The highest BCUT2D eigenvalue weighted by Gasteiger charge is 2.11. The van der Waals surface area contributed by atoms with Gasteiger partial charge >= 0.3 is 0 Å². The molecule has 0 fully saturated rings. The molecule has 4 heteroatoms. The van der Waals surface area contributed by atoms with Crippen molar-refractivity contribution in [3.63, 3.8) is 0 Å². The van der Waals surface area contributed by atoms with Gasteiger partial charge in [-0.25, -0.2) is 0 Å². The van der Waals surface area contributed by atoms with Crippen molar-refractivity contribution in [2.45, 2.75) is 0 Å². The molecule has 74 valence electrons. The fourth-order valence-corrected chi connectivity index (χ4v) is 1.37. The normalized spacial score (nSPS) is 9.80. The molecule has 2 aromatic rings. The number of rotatable bonds is 2. The Morgan fingerprint density at radius 1 is 1.47 bits per heavy atom. The number of fused-ring (bicyclic) bond motifs is 1. The number of furan rings is 1. The number of benzene rings is 1. The standard InChI is InChI=1S/C11H8N2O2/c12-5-6-13-11(14)9-7-15-10-4-2-1-3-8(9)10/h1-4,7H,6H2,(H,13,14). The van der Waals surface area contributed by atoms with E-state index in [1.165, 1.54) is 6.26 Å². The first-order chi connectivity index (χ1) is 7.33. The van der Waals surface area contributed by atoms with Gasteiger partial charge in [0.15, 0.2) is 0 Å². The highest BCUT2D eigenvalue weighted by Crippen LogP contribution is 2.20. The zero-order valence-electron chi connectivity index (χ0n) is 7.86. The zero-order valence-corrected chi connectivity index (χ0v) is 7.86. The summed E-state index contributed by atoms with van der Waals surface area (Å²) in [6.07, 6.45) is 1.40. The highest BCUT2D eigenvalue weighted by atomic mass is 16.3. The molecule has 0 spiro atoms. The molecule has 0 saturated carbocycles. The average molecular weight is 200 g/mol. The van der Waals surface area contributed by atoms with Gasteiger partial charge in [0.1, 0.15) is 18.4 Å². The maximum Gasteiger partial charge on any atom is 0.255 e. The van der Waals surface area contributed by atoms with E-state index in [-0.39, 0.29) is 12.5 Å². The van der Waals surface area contributed by atoms with Gasteiger partial charge in [0.2, 0.25) is 0 Å². The van der Waals surface area contributed by atoms with Crippen molar-refractivity contribution in [1.29, 1.82) is 5.26 Å². The first-order valence-electron chi connectivity index (χ1n) is 4.44. The van der Waals surface area contributed by atoms with Crippen molar-refractivity contribution >= 4 is 16.9 Å². The van der Waals surface area contributed by atoms with Crippen LogP contribution in [-0.4, -0.2) is 12.5 Å². The Balaban J connectivity index is 2.36. The molecular formula is C11H8N2O2. The van der Waals surface area contributed by atoms with E-state index in [0.29, 0.717) is 11.1 Å². The van der Waals surface area contributed by atoms with E-state index in [1.807, 2.05) is 18.2 Å². The SMILES string of the molecule is N#CCNC(=O)c1coc2ccccc12. The minimum atomic E-state index is -0.290. The molecule has 0 aliphatic carbocycles. The maximum absolute atomic E-state index is 11.6. The molecule has 1 aromatic carbocycles. The van der Waals surface area contributed by atoms with Gasteiger partial charge in [-0.05, 0) is 6.07 Å². The van der Waals surface area contributed by atoms with Crippen LogP contribution >= 0.6 is 0 Å². The largest absolute Gasteiger partial charge is 0.463 e. The van der Waals surface area contributed by atoms with Crippen LogP contribution in [-0.2, 0) is 0 Å². The molecule has 0 atom stereocenters. The number of hydrogen-bond donors (Lipinski definition) is 1. The summed E-state index contributed by atoms with van der Waals surface area (Å²) in [5.41, 5.74) is 1.13.